The first-order valence-electron chi connectivity index (χ1n) is 5.13. The molecule has 0 aromatic heterocycles. The molecule has 0 amide bonds. The molecular weight excluding hydrogens is 275 g/mol. The van der Waals surface area contributed by atoms with Crippen molar-refractivity contribution in [1.29, 1.82) is 5.26 Å². The Morgan fingerprint density at radius 3 is 2.67 bits per heavy atom. The van der Waals surface area contributed by atoms with Gasteiger partial charge in [0.05, 0.1) is 16.3 Å². The zero-order valence-corrected chi connectivity index (χ0v) is 11.3. The second-order valence-electron chi connectivity index (χ2n) is 4.40. The second-order valence-corrected chi connectivity index (χ2v) is 5.19. The highest BCUT2D eigenvalue weighted by Crippen LogP contribution is 2.28. The number of hydrazine groups is 1. The Morgan fingerprint density at radius 2 is 2.17 bits per heavy atom. The SMILES string of the molecule is CC1(C)NC(=S)N(c2cc(Cl)c(C#N)cc2F)N1. The van der Waals surface area contributed by atoms with Gasteiger partial charge in [-0.05, 0) is 38.2 Å². The van der Waals surface area contributed by atoms with Crippen LogP contribution >= 0.6 is 23.8 Å². The predicted molar refractivity (Wildman–Crippen MR) is 71.6 cm³/mol. The number of hydrogen-bond donors (Lipinski definition) is 2. The highest BCUT2D eigenvalue weighted by molar-refractivity contribution is 7.80. The van der Waals surface area contributed by atoms with E-state index in [1.807, 2.05) is 19.9 Å². The Labute approximate surface area is 114 Å². The minimum atomic E-state index is -0.565. The zero-order chi connectivity index (χ0) is 13.5. The summed E-state index contributed by atoms with van der Waals surface area (Å²) in [5.41, 5.74) is 2.81. The molecule has 0 radical (unpaired) electrons. The van der Waals surface area contributed by atoms with E-state index >= 15 is 0 Å². The first kappa shape index (κ1) is 13.0. The minimum absolute atomic E-state index is 0.0928. The van der Waals surface area contributed by atoms with Crippen LogP contribution in [0, 0.1) is 17.1 Å². The van der Waals surface area contributed by atoms with Crippen LogP contribution in [0.25, 0.3) is 0 Å². The molecule has 4 nitrogen and oxygen atoms in total. The summed E-state index contributed by atoms with van der Waals surface area (Å²) < 4.78 is 13.9. The van der Waals surface area contributed by atoms with E-state index < -0.39 is 11.5 Å². The Hall–Kier alpha value is -1.42. The smallest absolute Gasteiger partial charge is 0.189 e. The third-order valence-corrected chi connectivity index (χ3v) is 3.01. The van der Waals surface area contributed by atoms with Gasteiger partial charge in [-0.25, -0.2) is 14.8 Å². The summed E-state index contributed by atoms with van der Waals surface area (Å²) in [7, 11) is 0. The fourth-order valence-electron chi connectivity index (χ4n) is 1.64. The minimum Gasteiger partial charge on any atom is -0.342 e. The molecule has 7 heteroatoms. The molecule has 1 saturated heterocycles. The molecule has 0 spiro atoms. The van der Waals surface area contributed by atoms with Crippen molar-refractivity contribution in [3.8, 4) is 6.07 Å². The highest BCUT2D eigenvalue weighted by Gasteiger charge is 2.33. The van der Waals surface area contributed by atoms with Gasteiger partial charge in [-0.3, -0.25) is 0 Å². The molecule has 2 rings (SSSR count). The van der Waals surface area contributed by atoms with Crippen LogP contribution in [0.1, 0.15) is 19.4 Å². The van der Waals surface area contributed by atoms with E-state index in [0.717, 1.165) is 6.07 Å². The van der Waals surface area contributed by atoms with E-state index in [9.17, 15) is 4.39 Å². The molecule has 1 aliphatic heterocycles. The number of benzene rings is 1. The first-order chi connectivity index (χ1) is 8.34. The van der Waals surface area contributed by atoms with Crippen molar-refractivity contribution in [3.63, 3.8) is 0 Å². The van der Waals surface area contributed by atoms with Gasteiger partial charge >= 0.3 is 0 Å². The van der Waals surface area contributed by atoms with Crippen LogP contribution in [0.15, 0.2) is 12.1 Å². The molecular formula is C11H10ClFN4S. The molecule has 1 aromatic rings. The Kier molecular flexibility index (Phi) is 3.15. The van der Waals surface area contributed by atoms with Gasteiger partial charge in [0.1, 0.15) is 17.5 Å². The number of nitriles is 1. The van der Waals surface area contributed by atoms with Gasteiger partial charge in [-0.1, -0.05) is 11.6 Å². The maximum absolute atomic E-state index is 13.9. The van der Waals surface area contributed by atoms with Crippen molar-refractivity contribution in [1.82, 2.24) is 10.7 Å². The van der Waals surface area contributed by atoms with Crippen molar-refractivity contribution >= 4 is 34.6 Å². The number of halogens is 2. The molecule has 0 unspecified atom stereocenters. The summed E-state index contributed by atoms with van der Waals surface area (Å²) in [6.45, 7) is 3.73. The molecule has 0 bridgehead atoms. The van der Waals surface area contributed by atoms with Gasteiger partial charge in [0.15, 0.2) is 5.11 Å². The lowest BCUT2D eigenvalue weighted by molar-refractivity contribution is 0.413. The Morgan fingerprint density at radius 1 is 1.50 bits per heavy atom. The van der Waals surface area contributed by atoms with Crippen LogP contribution < -0.4 is 15.8 Å². The average Bonchev–Trinajstić information content (AvgIpc) is 2.55. The highest BCUT2D eigenvalue weighted by atomic mass is 35.5. The van der Waals surface area contributed by atoms with Crippen LogP contribution in [0.3, 0.4) is 0 Å². The number of thiocarbonyl (C=S) groups is 1. The van der Waals surface area contributed by atoms with Crippen LogP contribution in [0.2, 0.25) is 5.02 Å². The largest absolute Gasteiger partial charge is 0.342 e. The zero-order valence-electron chi connectivity index (χ0n) is 9.71. The van der Waals surface area contributed by atoms with Crippen molar-refractivity contribution in [2.24, 2.45) is 0 Å². The fraction of sp³-hybridized carbons (Fsp3) is 0.273. The molecule has 0 atom stereocenters. The lowest BCUT2D eigenvalue weighted by atomic mass is 10.2. The summed E-state index contributed by atoms with van der Waals surface area (Å²) in [5.74, 6) is -0.565. The predicted octanol–water partition coefficient (Wildman–Crippen LogP) is 2.29. The van der Waals surface area contributed by atoms with Gasteiger partial charge in [0, 0.05) is 0 Å². The lowest BCUT2D eigenvalue weighted by Crippen LogP contribution is -2.45. The van der Waals surface area contributed by atoms with Gasteiger partial charge in [0.2, 0.25) is 0 Å². The number of nitrogens with one attached hydrogen (secondary N) is 2. The summed E-state index contributed by atoms with van der Waals surface area (Å²) >= 11 is 11.0. The van der Waals surface area contributed by atoms with Crippen molar-refractivity contribution in [2.75, 3.05) is 5.01 Å². The van der Waals surface area contributed by atoms with Crippen LogP contribution in [-0.4, -0.2) is 10.8 Å². The van der Waals surface area contributed by atoms with Gasteiger partial charge < -0.3 is 5.32 Å². The number of nitrogens with zero attached hydrogens (tertiary/aromatic N) is 2. The lowest BCUT2D eigenvalue weighted by Gasteiger charge is -2.21. The van der Waals surface area contributed by atoms with E-state index in [-0.39, 0.29) is 16.3 Å². The molecule has 1 aliphatic rings. The number of rotatable bonds is 1. The third kappa shape index (κ3) is 2.25. The molecule has 2 N–H and O–H groups in total. The number of hydrogen-bond acceptors (Lipinski definition) is 3. The summed E-state index contributed by atoms with van der Waals surface area (Å²) in [5, 5.41) is 13.7. The van der Waals surface area contributed by atoms with Crippen molar-refractivity contribution in [2.45, 2.75) is 19.5 Å². The molecule has 18 heavy (non-hydrogen) atoms. The number of anilines is 1. The Bertz CT molecular complexity index is 567. The maximum atomic E-state index is 13.9. The summed E-state index contributed by atoms with van der Waals surface area (Å²) in [4.78, 5) is 0. The molecule has 1 heterocycles. The average molecular weight is 285 g/mol. The van der Waals surface area contributed by atoms with Crippen LogP contribution in [-0.2, 0) is 0 Å². The Balaban J connectivity index is 2.45. The van der Waals surface area contributed by atoms with E-state index in [0.29, 0.717) is 5.11 Å². The van der Waals surface area contributed by atoms with E-state index in [1.165, 1.54) is 11.1 Å². The van der Waals surface area contributed by atoms with Crippen molar-refractivity contribution < 1.29 is 4.39 Å². The standard InChI is InChI=1S/C11H10ClFN4S/c1-11(2)15-10(18)17(16-11)9-4-7(12)6(5-14)3-8(9)13/h3-4,16H,1-2H3,(H,15,18). The maximum Gasteiger partial charge on any atom is 0.189 e. The molecule has 0 saturated carbocycles. The monoisotopic (exact) mass is 284 g/mol. The normalized spacial score (nSPS) is 17.5. The quantitative estimate of drug-likeness (QED) is 0.775. The van der Waals surface area contributed by atoms with E-state index in [1.54, 1.807) is 0 Å². The summed E-state index contributed by atoms with van der Waals surface area (Å²) in [6.07, 6.45) is 0. The van der Waals surface area contributed by atoms with Gasteiger partial charge in [-0.2, -0.15) is 5.26 Å². The van der Waals surface area contributed by atoms with Gasteiger partial charge in [-0.15, -0.1) is 0 Å². The fourth-order valence-corrected chi connectivity index (χ4v) is 2.24. The van der Waals surface area contributed by atoms with E-state index in [2.05, 4.69) is 10.7 Å². The topological polar surface area (TPSA) is 51.1 Å². The molecule has 1 aromatic carbocycles. The van der Waals surface area contributed by atoms with Crippen LogP contribution in [0.5, 0.6) is 0 Å². The van der Waals surface area contributed by atoms with E-state index in [4.69, 9.17) is 29.1 Å². The van der Waals surface area contributed by atoms with Crippen molar-refractivity contribution in [3.05, 3.63) is 28.5 Å². The molecule has 94 valence electrons. The molecule has 1 fully saturated rings. The van der Waals surface area contributed by atoms with Gasteiger partial charge in [0.25, 0.3) is 0 Å². The molecule has 0 aliphatic carbocycles. The second kappa shape index (κ2) is 4.35. The third-order valence-electron chi connectivity index (χ3n) is 2.41. The summed E-state index contributed by atoms with van der Waals surface area (Å²) in [6, 6.07) is 4.29. The first-order valence-corrected chi connectivity index (χ1v) is 5.92. The van der Waals surface area contributed by atoms with Crippen LogP contribution in [0.4, 0.5) is 10.1 Å².